The molecule has 2 heterocycles. The van der Waals surface area contributed by atoms with E-state index in [2.05, 4.69) is 31.7 Å². The van der Waals surface area contributed by atoms with Gasteiger partial charge in [0.05, 0.1) is 4.48 Å². The summed E-state index contributed by atoms with van der Waals surface area (Å²) in [6.45, 7) is 0. The van der Waals surface area contributed by atoms with E-state index in [1.807, 2.05) is 30.5 Å². The molecular formula is C17H13BrN4O3S. The summed E-state index contributed by atoms with van der Waals surface area (Å²) < 4.78 is 0.200. The number of aliphatic hydroxyl groups is 1. The molecule has 132 valence electrons. The minimum Gasteiger partial charge on any atom is -0.492 e. The first-order chi connectivity index (χ1) is 12.5. The maximum Gasteiger partial charge on any atom is 0.240 e. The van der Waals surface area contributed by atoms with Gasteiger partial charge in [0.1, 0.15) is 11.9 Å². The number of rotatable bonds is 1. The van der Waals surface area contributed by atoms with Crippen molar-refractivity contribution in [2.45, 2.75) is 6.17 Å². The normalized spacial score (nSPS) is 21.8. The van der Waals surface area contributed by atoms with E-state index in [0.717, 1.165) is 11.3 Å². The van der Waals surface area contributed by atoms with Crippen molar-refractivity contribution >= 4 is 55.8 Å². The lowest BCUT2D eigenvalue weighted by atomic mass is 9.98. The van der Waals surface area contributed by atoms with E-state index >= 15 is 0 Å². The highest BCUT2D eigenvalue weighted by atomic mass is 79.9. The molecule has 9 heteroatoms. The Morgan fingerprint density at radius 2 is 2.04 bits per heavy atom. The number of hydrogen-bond acceptors (Lipinski definition) is 8. The summed E-state index contributed by atoms with van der Waals surface area (Å²) >= 11 is 4.50. The van der Waals surface area contributed by atoms with Crippen LogP contribution in [0.25, 0.3) is 5.70 Å². The van der Waals surface area contributed by atoms with Crippen LogP contribution in [-0.2, 0) is 9.59 Å². The number of Topliss-reactive ketones (excluding diaryl/α,β-unsaturated/α-hetero) is 1. The quantitative estimate of drug-likeness (QED) is 0.463. The van der Waals surface area contributed by atoms with Crippen LogP contribution in [0.3, 0.4) is 0 Å². The first-order valence-electron chi connectivity index (χ1n) is 7.65. The highest BCUT2D eigenvalue weighted by Gasteiger charge is 2.38. The van der Waals surface area contributed by atoms with Crippen LogP contribution in [0.1, 0.15) is 5.56 Å². The Morgan fingerprint density at radius 1 is 1.27 bits per heavy atom. The van der Waals surface area contributed by atoms with E-state index in [9.17, 15) is 14.7 Å². The first-order valence-corrected chi connectivity index (χ1v) is 9.66. The second kappa shape index (κ2) is 6.33. The summed E-state index contributed by atoms with van der Waals surface area (Å²) in [7, 11) is 0. The van der Waals surface area contributed by atoms with Crippen molar-refractivity contribution in [3.63, 3.8) is 0 Å². The number of aliphatic hydroxyl groups excluding tert-OH is 1. The van der Waals surface area contributed by atoms with Crippen LogP contribution in [0.5, 0.6) is 0 Å². The fourth-order valence-electron chi connectivity index (χ4n) is 2.98. The van der Waals surface area contributed by atoms with Gasteiger partial charge in [-0.25, -0.2) is 0 Å². The first kappa shape index (κ1) is 16.9. The number of fused-ring (bicyclic) bond motifs is 3. The molecule has 3 N–H and O–H groups in total. The van der Waals surface area contributed by atoms with Gasteiger partial charge in [-0.1, -0.05) is 30.0 Å². The smallest absolute Gasteiger partial charge is 0.240 e. The van der Waals surface area contributed by atoms with Crippen molar-refractivity contribution in [2.75, 3.05) is 11.6 Å². The van der Waals surface area contributed by atoms with E-state index in [0.29, 0.717) is 16.4 Å². The van der Waals surface area contributed by atoms with Gasteiger partial charge in [0.2, 0.25) is 17.4 Å². The zero-order chi connectivity index (χ0) is 18.4. The molecule has 1 atom stereocenters. The number of ketones is 2. The standard InChI is InChI=1S/C17H13BrN4O3S/c1-26-17-20-16(25)13-9-4-2-3-5-11(9)19-15(22(13)21-17)8-6-10(18)14(24)12(23)7-8/h2-7,15,19,25H,1H3,(H,20,21)/t15-/m1/s1. The van der Waals surface area contributed by atoms with Crippen LogP contribution >= 0.6 is 27.7 Å². The van der Waals surface area contributed by atoms with Gasteiger partial charge in [-0.2, -0.15) is 4.99 Å². The van der Waals surface area contributed by atoms with Gasteiger partial charge >= 0.3 is 0 Å². The monoisotopic (exact) mass is 432 g/mol. The number of benzene rings is 1. The highest BCUT2D eigenvalue weighted by Crippen LogP contribution is 2.39. The lowest BCUT2D eigenvalue weighted by Crippen LogP contribution is -2.54. The largest absolute Gasteiger partial charge is 0.492 e. The third-order valence-electron chi connectivity index (χ3n) is 4.15. The Labute approximate surface area is 161 Å². The number of amidine groups is 1. The van der Waals surface area contributed by atoms with Crippen LogP contribution in [0.4, 0.5) is 5.69 Å². The minimum absolute atomic E-state index is 0.117. The number of nitrogens with zero attached hydrogens (tertiary/aromatic N) is 2. The van der Waals surface area contributed by atoms with Crippen molar-refractivity contribution < 1.29 is 14.7 Å². The Balaban J connectivity index is 1.87. The molecule has 0 aromatic heterocycles. The summed E-state index contributed by atoms with van der Waals surface area (Å²) in [4.78, 5) is 27.9. The molecule has 0 bridgehead atoms. The molecule has 0 radical (unpaired) electrons. The molecule has 3 aliphatic rings. The minimum atomic E-state index is -0.597. The predicted octanol–water partition coefficient (Wildman–Crippen LogP) is 2.52. The Morgan fingerprint density at radius 3 is 2.77 bits per heavy atom. The Kier molecular flexibility index (Phi) is 4.12. The van der Waals surface area contributed by atoms with E-state index in [1.165, 1.54) is 17.8 Å². The predicted molar refractivity (Wildman–Crippen MR) is 104 cm³/mol. The number of hydrazine groups is 1. The number of aliphatic imine (C=N–C) groups is 1. The number of thioether (sulfide) groups is 1. The lowest BCUT2D eigenvalue weighted by Gasteiger charge is -2.43. The molecule has 0 fully saturated rings. The SMILES string of the molecule is CSC1=NC(O)=C2c3ccccc3N[C@@H](C3=CC(=O)C(=O)C(Br)=C3)N2N1. The van der Waals surface area contributed by atoms with Gasteiger partial charge in [-0.15, -0.1) is 0 Å². The summed E-state index contributed by atoms with van der Waals surface area (Å²) in [6, 6.07) is 7.49. The maximum absolute atomic E-state index is 12.0. The van der Waals surface area contributed by atoms with Gasteiger partial charge in [-0.05, 0) is 40.4 Å². The third kappa shape index (κ3) is 2.63. The fraction of sp³-hybridized carbons (Fsp3) is 0.118. The van der Waals surface area contributed by atoms with Gasteiger partial charge in [0, 0.05) is 16.8 Å². The summed E-state index contributed by atoms with van der Waals surface area (Å²) in [6.07, 6.45) is 4.22. The average Bonchev–Trinajstić information content (AvgIpc) is 2.64. The third-order valence-corrected chi connectivity index (χ3v) is 5.31. The molecule has 7 nitrogen and oxygen atoms in total. The molecular weight excluding hydrogens is 420 g/mol. The van der Waals surface area contributed by atoms with Crippen LogP contribution < -0.4 is 10.7 Å². The Bertz CT molecular complexity index is 967. The number of carbonyl (C=O) groups excluding carboxylic acids is 2. The zero-order valence-electron chi connectivity index (χ0n) is 13.5. The number of allylic oxidation sites excluding steroid dienone is 2. The summed E-state index contributed by atoms with van der Waals surface area (Å²) in [5, 5.41) is 16.1. The number of carbonyl (C=O) groups is 2. The fourth-order valence-corrected chi connectivity index (χ4v) is 3.81. The number of halogens is 1. The second-order valence-electron chi connectivity index (χ2n) is 5.70. The van der Waals surface area contributed by atoms with E-state index in [4.69, 9.17) is 0 Å². The van der Waals surface area contributed by atoms with Crippen LogP contribution in [0, 0.1) is 0 Å². The number of nitrogens with one attached hydrogen (secondary N) is 2. The van der Waals surface area contributed by atoms with Crippen molar-refractivity contribution in [3.8, 4) is 0 Å². The molecule has 4 rings (SSSR count). The van der Waals surface area contributed by atoms with Crippen LogP contribution in [0.15, 0.2) is 57.3 Å². The summed E-state index contributed by atoms with van der Waals surface area (Å²) in [5.74, 6) is -1.30. The Hall–Kier alpha value is -2.52. The van der Waals surface area contributed by atoms with E-state index in [1.54, 1.807) is 11.1 Å². The average molecular weight is 433 g/mol. The van der Waals surface area contributed by atoms with Gasteiger partial charge in [0.25, 0.3) is 0 Å². The molecule has 0 amide bonds. The van der Waals surface area contributed by atoms with Crippen LogP contribution in [0.2, 0.25) is 0 Å². The van der Waals surface area contributed by atoms with Gasteiger partial charge < -0.3 is 10.4 Å². The number of anilines is 1. The van der Waals surface area contributed by atoms with Gasteiger partial charge in [0.15, 0.2) is 5.17 Å². The topological polar surface area (TPSA) is 94.0 Å². The highest BCUT2D eigenvalue weighted by molar-refractivity contribution is 9.12. The molecule has 26 heavy (non-hydrogen) atoms. The molecule has 1 aromatic rings. The van der Waals surface area contributed by atoms with Crippen molar-refractivity contribution in [1.29, 1.82) is 0 Å². The lowest BCUT2D eigenvalue weighted by molar-refractivity contribution is -0.131. The molecule has 1 aliphatic carbocycles. The molecule has 2 aliphatic heterocycles. The summed E-state index contributed by atoms with van der Waals surface area (Å²) in [5.41, 5.74) is 5.79. The van der Waals surface area contributed by atoms with E-state index < -0.39 is 17.7 Å². The molecule has 0 unspecified atom stereocenters. The van der Waals surface area contributed by atoms with Crippen molar-refractivity contribution in [1.82, 2.24) is 10.4 Å². The molecule has 0 saturated heterocycles. The molecule has 0 saturated carbocycles. The van der Waals surface area contributed by atoms with Crippen molar-refractivity contribution in [2.24, 2.45) is 4.99 Å². The molecule has 0 spiro atoms. The zero-order valence-corrected chi connectivity index (χ0v) is 15.9. The van der Waals surface area contributed by atoms with Crippen molar-refractivity contribution in [3.05, 3.63) is 57.9 Å². The second-order valence-corrected chi connectivity index (χ2v) is 7.35. The van der Waals surface area contributed by atoms with E-state index in [-0.39, 0.29) is 10.4 Å². The number of para-hydroxylation sites is 1. The molecule has 1 aromatic carbocycles. The van der Waals surface area contributed by atoms with Crippen LogP contribution in [-0.4, -0.2) is 39.3 Å². The maximum atomic E-state index is 12.0. The number of hydrogen-bond donors (Lipinski definition) is 3. The van der Waals surface area contributed by atoms with Gasteiger partial charge in [-0.3, -0.25) is 20.0 Å².